The molecule has 0 spiro atoms. The average Bonchev–Trinajstić information content (AvgIpc) is 2.56. The molecule has 0 aliphatic carbocycles. The maximum absolute atomic E-state index is 9.52. The number of aromatic nitrogens is 2. The third kappa shape index (κ3) is 2.83. The van der Waals surface area contributed by atoms with E-state index in [-0.39, 0.29) is 5.75 Å². The second-order valence-corrected chi connectivity index (χ2v) is 5.07. The number of phenols is 1. The first-order valence-electron chi connectivity index (χ1n) is 7.05. The zero-order valence-corrected chi connectivity index (χ0v) is 13.1. The summed E-state index contributed by atoms with van der Waals surface area (Å²) in [7, 11) is 3.18. The number of fused-ring (bicyclic) bond motifs is 1. The first-order valence-corrected chi connectivity index (χ1v) is 7.05. The van der Waals surface area contributed by atoms with Gasteiger partial charge in [0.15, 0.2) is 11.5 Å². The summed E-state index contributed by atoms with van der Waals surface area (Å²) in [5.41, 5.74) is 2.52. The highest BCUT2D eigenvalue weighted by Crippen LogP contribution is 2.34. The van der Waals surface area contributed by atoms with Crippen LogP contribution in [0.5, 0.6) is 17.2 Å². The molecule has 0 aliphatic rings. The Hall–Kier alpha value is -3.02. The highest BCUT2D eigenvalue weighted by atomic mass is 16.5. The van der Waals surface area contributed by atoms with E-state index in [1.54, 1.807) is 32.4 Å². The molecule has 3 rings (SSSR count). The van der Waals surface area contributed by atoms with Gasteiger partial charge in [0.05, 0.1) is 19.7 Å². The fourth-order valence-electron chi connectivity index (χ4n) is 2.40. The molecule has 23 heavy (non-hydrogen) atoms. The molecule has 2 N–H and O–H groups in total. The summed E-state index contributed by atoms with van der Waals surface area (Å²) in [6, 6.07) is 8.77. The van der Waals surface area contributed by atoms with Crippen molar-refractivity contribution in [1.29, 1.82) is 0 Å². The number of phenolic OH excluding ortho intramolecular Hbond substituents is 1. The van der Waals surface area contributed by atoms with Gasteiger partial charge < -0.3 is 19.9 Å². The van der Waals surface area contributed by atoms with E-state index in [4.69, 9.17) is 9.47 Å². The minimum absolute atomic E-state index is 0.229. The average molecular weight is 311 g/mol. The second-order valence-electron chi connectivity index (χ2n) is 5.07. The zero-order valence-electron chi connectivity index (χ0n) is 13.1. The summed E-state index contributed by atoms with van der Waals surface area (Å²) < 4.78 is 10.6. The number of aryl methyl sites for hydroxylation is 1. The molecule has 1 heterocycles. The molecular weight excluding hydrogens is 294 g/mol. The molecule has 0 saturated carbocycles. The Labute approximate surface area is 133 Å². The van der Waals surface area contributed by atoms with Gasteiger partial charge in [-0.25, -0.2) is 9.97 Å². The monoisotopic (exact) mass is 311 g/mol. The van der Waals surface area contributed by atoms with Crippen LogP contribution < -0.4 is 14.8 Å². The second kappa shape index (κ2) is 6.00. The molecule has 2 aromatic carbocycles. The van der Waals surface area contributed by atoms with Gasteiger partial charge in [0.25, 0.3) is 0 Å². The Kier molecular flexibility index (Phi) is 3.89. The van der Waals surface area contributed by atoms with Crippen LogP contribution in [0.15, 0.2) is 36.7 Å². The fourth-order valence-corrected chi connectivity index (χ4v) is 2.40. The van der Waals surface area contributed by atoms with Gasteiger partial charge in [0.1, 0.15) is 17.9 Å². The van der Waals surface area contributed by atoms with Crippen LogP contribution in [-0.2, 0) is 0 Å². The lowest BCUT2D eigenvalue weighted by Gasteiger charge is -2.13. The number of ether oxygens (including phenoxy) is 2. The third-order valence-electron chi connectivity index (χ3n) is 3.60. The molecule has 0 fully saturated rings. The number of nitrogens with zero attached hydrogens (tertiary/aromatic N) is 2. The predicted molar refractivity (Wildman–Crippen MR) is 88.8 cm³/mol. The smallest absolute Gasteiger partial charge is 0.162 e. The van der Waals surface area contributed by atoms with Crippen LogP contribution in [-0.4, -0.2) is 29.3 Å². The number of nitrogens with one attached hydrogen (secondary N) is 1. The van der Waals surface area contributed by atoms with Gasteiger partial charge in [0.2, 0.25) is 0 Å². The minimum Gasteiger partial charge on any atom is -0.508 e. The number of aromatic hydroxyl groups is 1. The van der Waals surface area contributed by atoms with Crippen LogP contribution in [0.25, 0.3) is 10.9 Å². The van der Waals surface area contributed by atoms with Gasteiger partial charge in [0, 0.05) is 17.1 Å². The molecule has 118 valence electrons. The third-order valence-corrected chi connectivity index (χ3v) is 3.60. The topological polar surface area (TPSA) is 76.5 Å². The van der Waals surface area contributed by atoms with Crippen LogP contribution in [0.3, 0.4) is 0 Å². The summed E-state index contributed by atoms with van der Waals surface area (Å²) in [5, 5.41) is 13.6. The van der Waals surface area contributed by atoms with E-state index in [0.29, 0.717) is 17.3 Å². The Balaban J connectivity index is 2.10. The van der Waals surface area contributed by atoms with Gasteiger partial charge in [-0.2, -0.15) is 0 Å². The van der Waals surface area contributed by atoms with E-state index in [1.165, 1.54) is 6.33 Å². The standard InChI is InChI=1S/C17H17N3O3/c1-10-6-11(21)4-5-13(10)20-17-12-7-15(22-2)16(23-3)8-14(12)18-9-19-17/h4-9,21H,1-3H3,(H,18,19,20). The molecule has 0 amide bonds. The van der Waals surface area contributed by atoms with Crippen molar-refractivity contribution < 1.29 is 14.6 Å². The Morgan fingerprint density at radius 1 is 1.00 bits per heavy atom. The normalized spacial score (nSPS) is 10.6. The highest BCUT2D eigenvalue weighted by Gasteiger charge is 2.11. The van der Waals surface area contributed by atoms with Gasteiger partial charge >= 0.3 is 0 Å². The van der Waals surface area contributed by atoms with Crippen LogP contribution in [0.4, 0.5) is 11.5 Å². The van der Waals surface area contributed by atoms with Gasteiger partial charge in [-0.1, -0.05) is 0 Å². The van der Waals surface area contributed by atoms with E-state index < -0.39 is 0 Å². The summed E-state index contributed by atoms with van der Waals surface area (Å²) in [5.74, 6) is 2.11. The molecule has 6 heteroatoms. The maximum atomic E-state index is 9.52. The predicted octanol–water partition coefficient (Wildman–Crippen LogP) is 3.40. The van der Waals surface area contributed by atoms with Gasteiger partial charge in [-0.05, 0) is 36.8 Å². The van der Waals surface area contributed by atoms with E-state index in [0.717, 1.165) is 22.2 Å². The molecule has 0 atom stereocenters. The molecule has 6 nitrogen and oxygen atoms in total. The number of rotatable bonds is 4. The Bertz CT molecular complexity index is 865. The lowest BCUT2D eigenvalue weighted by atomic mass is 10.1. The Morgan fingerprint density at radius 3 is 2.43 bits per heavy atom. The summed E-state index contributed by atoms with van der Waals surface area (Å²) in [4.78, 5) is 8.59. The molecule has 0 unspecified atom stereocenters. The van der Waals surface area contributed by atoms with Gasteiger partial charge in [-0.3, -0.25) is 0 Å². The summed E-state index contributed by atoms with van der Waals surface area (Å²) in [6.07, 6.45) is 1.49. The lowest BCUT2D eigenvalue weighted by Crippen LogP contribution is -1.99. The van der Waals surface area contributed by atoms with Crippen LogP contribution in [0, 0.1) is 6.92 Å². The number of benzene rings is 2. The van der Waals surface area contributed by atoms with E-state index >= 15 is 0 Å². The minimum atomic E-state index is 0.229. The van der Waals surface area contributed by atoms with E-state index in [1.807, 2.05) is 19.1 Å². The highest BCUT2D eigenvalue weighted by molar-refractivity contribution is 5.93. The van der Waals surface area contributed by atoms with Crippen molar-refractivity contribution in [2.45, 2.75) is 6.92 Å². The van der Waals surface area contributed by atoms with Crippen molar-refractivity contribution >= 4 is 22.4 Å². The van der Waals surface area contributed by atoms with Crippen molar-refractivity contribution in [2.24, 2.45) is 0 Å². The van der Waals surface area contributed by atoms with Crippen molar-refractivity contribution in [1.82, 2.24) is 9.97 Å². The van der Waals surface area contributed by atoms with E-state index in [9.17, 15) is 5.11 Å². The van der Waals surface area contributed by atoms with Crippen LogP contribution >= 0.6 is 0 Å². The van der Waals surface area contributed by atoms with Crippen LogP contribution in [0.2, 0.25) is 0 Å². The Morgan fingerprint density at radius 2 is 1.74 bits per heavy atom. The molecule has 1 aromatic heterocycles. The maximum Gasteiger partial charge on any atom is 0.162 e. The summed E-state index contributed by atoms with van der Waals surface area (Å²) >= 11 is 0. The molecule has 3 aromatic rings. The molecule has 0 bridgehead atoms. The van der Waals surface area contributed by atoms with Crippen molar-refractivity contribution in [3.8, 4) is 17.2 Å². The van der Waals surface area contributed by atoms with Crippen LogP contribution in [0.1, 0.15) is 5.56 Å². The quantitative estimate of drug-likeness (QED) is 0.719. The first kappa shape index (κ1) is 14.9. The number of methoxy groups -OCH3 is 2. The molecule has 0 saturated heterocycles. The van der Waals surface area contributed by atoms with Gasteiger partial charge in [-0.15, -0.1) is 0 Å². The van der Waals surface area contributed by atoms with Crippen molar-refractivity contribution in [2.75, 3.05) is 19.5 Å². The fraction of sp³-hybridized carbons (Fsp3) is 0.176. The zero-order chi connectivity index (χ0) is 16.4. The molecular formula is C17H17N3O3. The first-order chi connectivity index (χ1) is 11.1. The molecule has 0 aliphatic heterocycles. The molecule has 0 radical (unpaired) electrons. The SMILES string of the molecule is COc1cc2ncnc(Nc3ccc(O)cc3C)c2cc1OC. The number of hydrogen-bond acceptors (Lipinski definition) is 6. The van der Waals surface area contributed by atoms with Crippen molar-refractivity contribution in [3.05, 3.63) is 42.2 Å². The largest absolute Gasteiger partial charge is 0.508 e. The van der Waals surface area contributed by atoms with E-state index in [2.05, 4.69) is 15.3 Å². The number of hydrogen-bond donors (Lipinski definition) is 2. The summed E-state index contributed by atoms with van der Waals surface area (Å²) in [6.45, 7) is 1.91. The van der Waals surface area contributed by atoms with Crippen molar-refractivity contribution in [3.63, 3.8) is 0 Å². The lowest BCUT2D eigenvalue weighted by molar-refractivity contribution is 0.356. The number of anilines is 2.